The van der Waals surface area contributed by atoms with Crippen molar-refractivity contribution in [3.05, 3.63) is 28.2 Å². The first-order valence-electron chi connectivity index (χ1n) is 5.42. The lowest BCUT2D eigenvalue weighted by molar-refractivity contribution is 0.0697. The molecule has 0 bridgehead atoms. The number of carbonyl (C=O) groups is 1. The molecule has 1 aromatic carbocycles. The van der Waals surface area contributed by atoms with Crippen molar-refractivity contribution in [2.24, 2.45) is 5.92 Å². The Morgan fingerprint density at radius 1 is 1.53 bits per heavy atom. The molecule has 5 heteroatoms. The van der Waals surface area contributed by atoms with Crippen LogP contribution < -0.4 is 5.32 Å². The van der Waals surface area contributed by atoms with E-state index in [0.717, 1.165) is 23.1 Å². The molecule has 0 aliphatic carbocycles. The first kappa shape index (κ1) is 14.0. The van der Waals surface area contributed by atoms with Crippen LogP contribution in [0.4, 0.5) is 5.69 Å². The van der Waals surface area contributed by atoms with E-state index >= 15 is 0 Å². The van der Waals surface area contributed by atoms with E-state index in [0.29, 0.717) is 5.92 Å². The molecular weight excluding hydrogens is 286 g/mol. The monoisotopic (exact) mass is 301 g/mol. The Morgan fingerprint density at radius 2 is 2.24 bits per heavy atom. The molecule has 4 nitrogen and oxygen atoms in total. The number of anilines is 1. The predicted molar refractivity (Wildman–Crippen MR) is 70.5 cm³/mol. The first-order chi connectivity index (χ1) is 8.04. The summed E-state index contributed by atoms with van der Waals surface area (Å²) < 4.78 is 0.730. The third-order valence-electron chi connectivity index (χ3n) is 2.48. The fraction of sp³-hybridized carbons (Fsp3) is 0.417. The van der Waals surface area contributed by atoms with Gasteiger partial charge in [0.2, 0.25) is 0 Å². The second-order valence-electron chi connectivity index (χ2n) is 4.00. The first-order valence-corrected chi connectivity index (χ1v) is 6.21. The van der Waals surface area contributed by atoms with Crippen molar-refractivity contribution in [3.8, 4) is 0 Å². The second kappa shape index (κ2) is 6.61. The number of carboxylic acids is 1. The van der Waals surface area contributed by atoms with E-state index in [1.807, 2.05) is 6.92 Å². The molecule has 0 saturated carbocycles. The van der Waals surface area contributed by atoms with Crippen LogP contribution in [0.1, 0.15) is 23.7 Å². The Balaban J connectivity index is 2.63. The zero-order chi connectivity index (χ0) is 12.8. The molecular formula is C12H16BrNO3. The van der Waals surface area contributed by atoms with Crippen molar-refractivity contribution in [2.45, 2.75) is 13.3 Å². The van der Waals surface area contributed by atoms with Crippen molar-refractivity contribution in [1.29, 1.82) is 0 Å². The van der Waals surface area contributed by atoms with Crippen molar-refractivity contribution >= 4 is 27.6 Å². The van der Waals surface area contributed by atoms with E-state index in [1.165, 1.54) is 0 Å². The number of aromatic carboxylic acids is 1. The lowest BCUT2D eigenvalue weighted by atomic mass is 10.1. The molecule has 94 valence electrons. The van der Waals surface area contributed by atoms with Gasteiger partial charge in [-0.1, -0.05) is 6.92 Å². The maximum absolute atomic E-state index is 10.7. The third kappa shape index (κ3) is 4.36. The summed E-state index contributed by atoms with van der Waals surface area (Å²) >= 11 is 3.33. The summed E-state index contributed by atoms with van der Waals surface area (Å²) in [7, 11) is 0. The lowest BCUT2D eigenvalue weighted by Crippen LogP contribution is -2.13. The van der Waals surface area contributed by atoms with Crippen molar-refractivity contribution in [2.75, 3.05) is 18.5 Å². The average molecular weight is 302 g/mol. The van der Waals surface area contributed by atoms with Gasteiger partial charge in [0, 0.05) is 23.3 Å². The van der Waals surface area contributed by atoms with Crippen LogP contribution in [-0.4, -0.2) is 29.3 Å². The lowest BCUT2D eigenvalue weighted by Gasteiger charge is -2.13. The summed E-state index contributed by atoms with van der Waals surface area (Å²) in [6.45, 7) is 2.97. The Hall–Kier alpha value is -1.07. The summed E-state index contributed by atoms with van der Waals surface area (Å²) in [5.41, 5.74) is 1.12. The summed E-state index contributed by atoms with van der Waals surface area (Å²) in [5, 5.41) is 20.8. The molecule has 1 aromatic rings. The molecule has 0 heterocycles. The van der Waals surface area contributed by atoms with Gasteiger partial charge in [-0.25, -0.2) is 4.79 Å². The molecule has 0 spiro atoms. The molecule has 0 aliphatic rings. The van der Waals surface area contributed by atoms with Gasteiger partial charge < -0.3 is 15.5 Å². The Morgan fingerprint density at radius 3 is 2.76 bits per heavy atom. The minimum absolute atomic E-state index is 0.183. The molecule has 0 amide bonds. The average Bonchev–Trinajstić information content (AvgIpc) is 2.27. The van der Waals surface area contributed by atoms with E-state index < -0.39 is 5.97 Å². The van der Waals surface area contributed by atoms with Gasteiger partial charge in [-0.15, -0.1) is 0 Å². The fourth-order valence-electron chi connectivity index (χ4n) is 1.40. The highest BCUT2D eigenvalue weighted by atomic mass is 79.9. The highest BCUT2D eigenvalue weighted by molar-refractivity contribution is 9.10. The Labute approximate surface area is 109 Å². The van der Waals surface area contributed by atoms with Crippen LogP contribution in [-0.2, 0) is 0 Å². The SMILES string of the molecule is CC(CCO)CNc1ccc(C(=O)O)cc1Br. The topological polar surface area (TPSA) is 69.6 Å². The van der Waals surface area contributed by atoms with Crippen molar-refractivity contribution < 1.29 is 15.0 Å². The standard InChI is InChI=1S/C12H16BrNO3/c1-8(4-5-15)7-14-11-3-2-9(12(16)17)6-10(11)13/h2-3,6,8,14-15H,4-5,7H2,1H3,(H,16,17). The molecule has 17 heavy (non-hydrogen) atoms. The van der Waals surface area contributed by atoms with Gasteiger partial charge in [0.25, 0.3) is 0 Å². The zero-order valence-electron chi connectivity index (χ0n) is 9.61. The number of aliphatic hydroxyl groups is 1. The van der Waals surface area contributed by atoms with Gasteiger partial charge >= 0.3 is 5.97 Å². The van der Waals surface area contributed by atoms with Crippen LogP contribution in [0.2, 0.25) is 0 Å². The minimum Gasteiger partial charge on any atom is -0.478 e. The quantitative estimate of drug-likeness (QED) is 0.755. The third-order valence-corrected chi connectivity index (χ3v) is 3.13. The van der Waals surface area contributed by atoms with Gasteiger partial charge in [0.15, 0.2) is 0 Å². The van der Waals surface area contributed by atoms with Gasteiger partial charge in [-0.2, -0.15) is 0 Å². The molecule has 1 rings (SSSR count). The van der Waals surface area contributed by atoms with Crippen molar-refractivity contribution in [1.82, 2.24) is 0 Å². The van der Waals surface area contributed by atoms with Crippen LogP contribution in [0.15, 0.2) is 22.7 Å². The normalized spacial score (nSPS) is 12.2. The van der Waals surface area contributed by atoms with Crippen LogP contribution in [0.3, 0.4) is 0 Å². The van der Waals surface area contributed by atoms with E-state index in [4.69, 9.17) is 10.2 Å². The van der Waals surface area contributed by atoms with Gasteiger partial charge in [0.1, 0.15) is 0 Å². The van der Waals surface area contributed by atoms with Crippen LogP contribution in [0.5, 0.6) is 0 Å². The number of hydrogen-bond donors (Lipinski definition) is 3. The largest absolute Gasteiger partial charge is 0.478 e. The van der Waals surface area contributed by atoms with Crippen LogP contribution >= 0.6 is 15.9 Å². The van der Waals surface area contributed by atoms with Gasteiger partial charge in [-0.3, -0.25) is 0 Å². The molecule has 0 radical (unpaired) electrons. The number of halogens is 1. The number of nitrogens with one attached hydrogen (secondary N) is 1. The highest BCUT2D eigenvalue weighted by Crippen LogP contribution is 2.24. The number of carboxylic acid groups (broad SMARTS) is 1. The smallest absolute Gasteiger partial charge is 0.335 e. The number of benzene rings is 1. The fourth-order valence-corrected chi connectivity index (χ4v) is 1.92. The van der Waals surface area contributed by atoms with E-state index in [-0.39, 0.29) is 12.2 Å². The second-order valence-corrected chi connectivity index (χ2v) is 4.85. The van der Waals surface area contributed by atoms with Crippen molar-refractivity contribution in [3.63, 3.8) is 0 Å². The number of hydrogen-bond acceptors (Lipinski definition) is 3. The van der Waals surface area contributed by atoms with E-state index in [2.05, 4.69) is 21.2 Å². The maximum Gasteiger partial charge on any atom is 0.335 e. The van der Waals surface area contributed by atoms with Crippen LogP contribution in [0, 0.1) is 5.92 Å². The van der Waals surface area contributed by atoms with Crippen LogP contribution in [0.25, 0.3) is 0 Å². The summed E-state index contributed by atoms with van der Waals surface area (Å²) in [5.74, 6) is -0.572. The summed E-state index contributed by atoms with van der Waals surface area (Å²) in [6.07, 6.45) is 0.748. The summed E-state index contributed by atoms with van der Waals surface area (Å²) in [6, 6.07) is 4.87. The molecule has 1 atom stereocenters. The summed E-state index contributed by atoms with van der Waals surface area (Å²) in [4.78, 5) is 10.7. The Bertz CT molecular complexity index is 395. The Kier molecular flexibility index (Phi) is 5.44. The molecule has 0 aromatic heterocycles. The molecule has 0 saturated heterocycles. The van der Waals surface area contributed by atoms with Gasteiger partial charge in [0.05, 0.1) is 5.56 Å². The zero-order valence-corrected chi connectivity index (χ0v) is 11.2. The molecule has 3 N–H and O–H groups in total. The van der Waals surface area contributed by atoms with E-state index in [1.54, 1.807) is 18.2 Å². The van der Waals surface area contributed by atoms with Gasteiger partial charge in [-0.05, 0) is 46.5 Å². The minimum atomic E-state index is -0.939. The number of rotatable bonds is 6. The predicted octanol–water partition coefficient (Wildman–Crippen LogP) is 2.58. The van der Waals surface area contributed by atoms with E-state index in [9.17, 15) is 4.79 Å². The molecule has 0 fully saturated rings. The highest BCUT2D eigenvalue weighted by Gasteiger charge is 2.07. The molecule has 0 aliphatic heterocycles. The molecule has 1 unspecified atom stereocenters. The maximum atomic E-state index is 10.7. The number of aliphatic hydroxyl groups excluding tert-OH is 1.